The first-order chi connectivity index (χ1) is 10.5. The lowest BCUT2D eigenvalue weighted by Gasteiger charge is -2.15. The number of halogens is 1. The third kappa shape index (κ3) is 4.58. The molecule has 0 aromatic heterocycles. The topological polar surface area (TPSA) is 41.1 Å². The van der Waals surface area contributed by atoms with Gasteiger partial charge in [-0.15, -0.1) is 0 Å². The molecule has 0 aliphatic rings. The lowest BCUT2D eigenvalue weighted by molar-refractivity contribution is -0.115. The Bertz CT molecular complexity index is 650. The third-order valence-corrected chi connectivity index (χ3v) is 3.79. The fraction of sp³-hybridized carbons (Fsp3) is 0.278. The Labute approximate surface area is 136 Å². The Morgan fingerprint density at radius 1 is 1.14 bits per heavy atom. The molecule has 0 aliphatic heterocycles. The van der Waals surface area contributed by atoms with E-state index < -0.39 is 0 Å². The fourth-order valence-corrected chi connectivity index (χ4v) is 2.73. The Kier molecular flexibility index (Phi) is 5.58. The van der Waals surface area contributed by atoms with Gasteiger partial charge >= 0.3 is 0 Å². The van der Waals surface area contributed by atoms with Crippen LogP contribution in [-0.4, -0.2) is 12.5 Å². The normalized spacial score (nSPS) is 12.0. The molecule has 3 nitrogen and oxygen atoms in total. The molecule has 0 heterocycles. The Morgan fingerprint density at radius 2 is 1.77 bits per heavy atom. The van der Waals surface area contributed by atoms with E-state index in [0.717, 1.165) is 22.4 Å². The van der Waals surface area contributed by atoms with Gasteiger partial charge in [-0.2, -0.15) is 0 Å². The largest absolute Gasteiger partial charge is 0.325 e. The second kappa shape index (κ2) is 7.43. The summed E-state index contributed by atoms with van der Waals surface area (Å²) < 4.78 is 0. The summed E-state index contributed by atoms with van der Waals surface area (Å²) in [7, 11) is 0. The smallest absolute Gasteiger partial charge is 0.238 e. The maximum absolute atomic E-state index is 12.0. The molecule has 2 N–H and O–H groups in total. The molecule has 0 spiro atoms. The number of nitrogens with one attached hydrogen (secondary N) is 2. The van der Waals surface area contributed by atoms with Gasteiger partial charge in [-0.1, -0.05) is 35.9 Å². The lowest BCUT2D eigenvalue weighted by Crippen LogP contribution is -2.30. The van der Waals surface area contributed by atoms with Crippen molar-refractivity contribution < 1.29 is 4.79 Å². The summed E-state index contributed by atoms with van der Waals surface area (Å²) in [5.74, 6) is -0.0658. The summed E-state index contributed by atoms with van der Waals surface area (Å²) in [6, 6.07) is 13.7. The van der Waals surface area contributed by atoms with Crippen molar-refractivity contribution in [2.45, 2.75) is 26.8 Å². The minimum absolute atomic E-state index is 0.0127. The van der Waals surface area contributed by atoms with Crippen molar-refractivity contribution in [3.05, 3.63) is 64.2 Å². The zero-order valence-electron chi connectivity index (χ0n) is 13.1. The first kappa shape index (κ1) is 16.5. The predicted molar refractivity (Wildman–Crippen MR) is 92.4 cm³/mol. The minimum Gasteiger partial charge on any atom is -0.325 e. The van der Waals surface area contributed by atoms with E-state index in [-0.39, 0.29) is 18.5 Å². The van der Waals surface area contributed by atoms with Crippen LogP contribution in [0.2, 0.25) is 5.02 Å². The van der Waals surface area contributed by atoms with Crippen LogP contribution in [0.4, 0.5) is 5.69 Å². The van der Waals surface area contributed by atoms with Crippen LogP contribution in [0.1, 0.15) is 29.7 Å². The first-order valence-corrected chi connectivity index (χ1v) is 7.69. The van der Waals surface area contributed by atoms with Crippen molar-refractivity contribution in [2.24, 2.45) is 0 Å². The summed E-state index contributed by atoms with van der Waals surface area (Å²) in [5, 5.41) is 6.81. The second-order valence-corrected chi connectivity index (χ2v) is 5.96. The minimum atomic E-state index is -0.0658. The molecule has 0 aliphatic carbocycles. The lowest BCUT2D eigenvalue weighted by atomic mass is 10.1. The van der Waals surface area contributed by atoms with Crippen LogP contribution >= 0.6 is 11.6 Å². The molecule has 0 bridgehead atoms. The Balaban J connectivity index is 1.91. The van der Waals surface area contributed by atoms with Crippen LogP contribution in [-0.2, 0) is 4.79 Å². The highest BCUT2D eigenvalue weighted by molar-refractivity contribution is 6.31. The van der Waals surface area contributed by atoms with Gasteiger partial charge in [0, 0.05) is 16.8 Å². The van der Waals surface area contributed by atoms with Crippen molar-refractivity contribution in [3.8, 4) is 0 Å². The van der Waals surface area contributed by atoms with E-state index in [0.29, 0.717) is 5.02 Å². The number of hydrogen-bond donors (Lipinski definition) is 2. The Hall–Kier alpha value is -1.84. The van der Waals surface area contributed by atoms with Crippen LogP contribution < -0.4 is 10.6 Å². The molecule has 1 unspecified atom stereocenters. The van der Waals surface area contributed by atoms with Gasteiger partial charge in [0.25, 0.3) is 0 Å². The summed E-state index contributed by atoms with van der Waals surface area (Å²) >= 11 is 6.16. The van der Waals surface area contributed by atoms with E-state index in [1.807, 2.05) is 57.2 Å². The van der Waals surface area contributed by atoms with Crippen molar-refractivity contribution in [1.29, 1.82) is 0 Å². The number of rotatable bonds is 5. The van der Waals surface area contributed by atoms with Crippen molar-refractivity contribution in [2.75, 3.05) is 11.9 Å². The standard InChI is InChI=1S/C18H21ClN2O/c1-12-8-13(2)10-15(9-12)21-18(22)11-20-14(3)16-6-4-5-7-17(16)19/h4-10,14,20H,11H2,1-3H3,(H,21,22). The monoisotopic (exact) mass is 316 g/mol. The first-order valence-electron chi connectivity index (χ1n) is 7.31. The molecule has 2 rings (SSSR count). The van der Waals surface area contributed by atoms with Crippen molar-refractivity contribution in [1.82, 2.24) is 5.32 Å². The van der Waals surface area contributed by atoms with Gasteiger partial charge in [-0.3, -0.25) is 4.79 Å². The van der Waals surface area contributed by atoms with Gasteiger partial charge in [0.2, 0.25) is 5.91 Å². The van der Waals surface area contributed by atoms with Crippen LogP contribution in [0, 0.1) is 13.8 Å². The number of benzene rings is 2. The van der Waals surface area contributed by atoms with E-state index in [1.54, 1.807) is 0 Å². The number of carbonyl (C=O) groups excluding carboxylic acids is 1. The van der Waals surface area contributed by atoms with Gasteiger partial charge in [0.1, 0.15) is 0 Å². The molecule has 4 heteroatoms. The number of amides is 1. The quantitative estimate of drug-likeness (QED) is 0.866. The molecule has 22 heavy (non-hydrogen) atoms. The molecule has 2 aromatic carbocycles. The Morgan fingerprint density at radius 3 is 2.41 bits per heavy atom. The molecule has 0 fully saturated rings. The number of hydrogen-bond acceptors (Lipinski definition) is 2. The molecular weight excluding hydrogens is 296 g/mol. The van der Waals surface area contributed by atoms with Crippen LogP contribution in [0.25, 0.3) is 0 Å². The highest BCUT2D eigenvalue weighted by Gasteiger charge is 2.10. The van der Waals surface area contributed by atoms with E-state index >= 15 is 0 Å². The van der Waals surface area contributed by atoms with Crippen LogP contribution in [0.15, 0.2) is 42.5 Å². The molecule has 0 radical (unpaired) electrons. The van der Waals surface area contributed by atoms with Gasteiger partial charge in [-0.25, -0.2) is 0 Å². The maximum atomic E-state index is 12.0. The van der Waals surface area contributed by atoms with Gasteiger partial charge in [0.15, 0.2) is 0 Å². The number of aryl methyl sites for hydroxylation is 2. The van der Waals surface area contributed by atoms with E-state index in [4.69, 9.17) is 11.6 Å². The fourth-order valence-electron chi connectivity index (χ4n) is 2.43. The van der Waals surface area contributed by atoms with E-state index in [9.17, 15) is 4.79 Å². The van der Waals surface area contributed by atoms with Crippen molar-refractivity contribution >= 4 is 23.2 Å². The molecule has 2 aromatic rings. The maximum Gasteiger partial charge on any atom is 0.238 e. The molecule has 0 saturated heterocycles. The second-order valence-electron chi connectivity index (χ2n) is 5.55. The third-order valence-electron chi connectivity index (χ3n) is 3.45. The van der Waals surface area contributed by atoms with Gasteiger partial charge in [-0.05, 0) is 55.7 Å². The molecule has 1 atom stereocenters. The predicted octanol–water partition coefficient (Wildman–Crippen LogP) is 4.25. The average molecular weight is 317 g/mol. The molecule has 1 amide bonds. The molecule has 0 saturated carbocycles. The van der Waals surface area contributed by atoms with E-state index in [2.05, 4.69) is 16.7 Å². The van der Waals surface area contributed by atoms with Crippen LogP contribution in [0.5, 0.6) is 0 Å². The number of anilines is 1. The summed E-state index contributed by atoms with van der Waals surface area (Å²) in [6.07, 6.45) is 0. The number of carbonyl (C=O) groups is 1. The summed E-state index contributed by atoms with van der Waals surface area (Å²) in [6.45, 7) is 6.26. The van der Waals surface area contributed by atoms with Gasteiger partial charge < -0.3 is 10.6 Å². The highest BCUT2D eigenvalue weighted by atomic mass is 35.5. The van der Waals surface area contributed by atoms with Crippen LogP contribution in [0.3, 0.4) is 0 Å². The summed E-state index contributed by atoms with van der Waals surface area (Å²) in [5.41, 5.74) is 4.08. The van der Waals surface area contributed by atoms with Crippen molar-refractivity contribution in [3.63, 3.8) is 0 Å². The molecule has 116 valence electrons. The average Bonchev–Trinajstić information content (AvgIpc) is 2.44. The van der Waals surface area contributed by atoms with E-state index in [1.165, 1.54) is 0 Å². The zero-order chi connectivity index (χ0) is 16.1. The van der Waals surface area contributed by atoms with Gasteiger partial charge in [0.05, 0.1) is 6.54 Å². The molecular formula is C18H21ClN2O. The highest BCUT2D eigenvalue weighted by Crippen LogP contribution is 2.21. The SMILES string of the molecule is Cc1cc(C)cc(NC(=O)CNC(C)c2ccccc2Cl)c1. The summed E-state index contributed by atoms with van der Waals surface area (Å²) in [4.78, 5) is 12.0. The zero-order valence-corrected chi connectivity index (χ0v) is 13.9.